The van der Waals surface area contributed by atoms with Crippen LogP contribution in [0.2, 0.25) is 0 Å². The molecule has 1 aromatic rings. The van der Waals surface area contributed by atoms with Crippen molar-refractivity contribution in [2.75, 3.05) is 6.54 Å². The van der Waals surface area contributed by atoms with Crippen LogP contribution in [0.15, 0.2) is 18.2 Å². The highest BCUT2D eigenvalue weighted by Crippen LogP contribution is 2.42. The maximum absolute atomic E-state index is 6.06. The topological polar surface area (TPSA) is 64.1 Å². The van der Waals surface area contributed by atoms with Crippen molar-refractivity contribution >= 4 is 0 Å². The Balaban J connectivity index is 1.83. The number of piperidine rings is 1. The third-order valence-corrected chi connectivity index (χ3v) is 4.25. The summed E-state index contributed by atoms with van der Waals surface area (Å²) in [6.45, 7) is 1.67. The molecule has 1 saturated heterocycles. The van der Waals surface area contributed by atoms with Gasteiger partial charge in [0.25, 0.3) is 0 Å². The van der Waals surface area contributed by atoms with Crippen molar-refractivity contribution in [3.8, 4) is 0 Å². The molecule has 5 N–H and O–H groups in total. The summed E-state index contributed by atoms with van der Waals surface area (Å²) in [5.41, 5.74) is 16.1. The molecule has 1 aliphatic carbocycles. The molecule has 0 spiro atoms. The van der Waals surface area contributed by atoms with Crippen LogP contribution in [-0.2, 0) is 6.54 Å². The van der Waals surface area contributed by atoms with Crippen molar-refractivity contribution in [2.45, 2.75) is 50.2 Å². The number of rotatable bonds is 3. The Bertz CT molecular complexity index is 426. The molecule has 0 aromatic heterocycles. The molecule has 2 unspecified atom stereocenters. The van der Waals surface area contributed by atoms with Crippen molar-refractivity contribution in [3.05, 3.63) is 34.9 Å². The Labute approximate surface area is 109 Å². The Morgan fingerprint density at radius 1 is 1.22 bits per heavy atom. The fraction of sp³-hybridized carbons (Fsp3) is 0.600. The summed E-state index contributed by atoms with van der Waals surface area (Å²) in [4.78, 5) is 0. The maximum Gasteiger partial charge on any atom is 0.0335 e. The number of benzene rings is 1. The molecular weight excluding hydrogens is 222 g/mol. The van der Waals surface area contributed by atoms with Gasteiger partial charge in [-0.25, -0.2) is 0 Å². The molecule has 0 bridgehead atoms. The molecule has 2 atom stereocenters. The molecule has 2 fully saturated rings. The van der Waals surface area contributed by atoms with Crippen molar-refractivity contribution in [1.29, 1.82) is 0 Å². The Kier molecular flexibility index (Phi) is 3.37. The fourth-order valence-electron chi connectivity index (χ4n) is 3.01. The average Bonchev–Trinajstić information content (AvgIpc) is 3.22. The molecule has 2 aliphatic rings. The van der Waals surface area contributed by atoms with E-state index in [0.717, 1.165) is 25.3 Å². The van der Waals surface area contributed by atoms with Crippen LogP contribution in [0, 0.1) is 0 Å². The molecule has 3 rings (SSSR count). The van der Waals surface area contributed by atoms with Crippen LogP contribution >= 0.6 is 0 Å². The molecule has 3 nitrogen and oxygen atoms in total. The molecule has 1 saturated carbocycles. The van der Waals surface area contributed by atoms with E-state index in [9.17, 15) is 0 Å². The first kappa shape index (κ1) is 12.2. The Hall–Kier alpha value is -0.900. The molecule has 98 valence electrons. The van der Waals surface area contributed by atoms with Gasteiger partial charge in [-0.15, -0.1) is 0 Å². The fourth-order valence-corrected chi connectivity index (χ4v) is 3.01. The van der Waals surface area contributed by atoms with E-state index >= 15 is 0 Å². The predicted octanol–water partition coefficient (Wildman–Crippen LogP) is 1.77. The zero-order valence-corrected chi connectivity index (χ0v) is 10.9. The largest absolute Gasteiger partial charge is 0.328 e. The first-order chi connectivity index (χ1) is 8.78. The summed E-state index contributed by atoms with van der Waals surface area (Å²) in [5.74, 6) is 0.777. The van der Waals surface area contributed by atoms with Crippen molar-refractivity contribution in [1.82, 2.24) is 5.32 Å². The van der Waals surface area contributed by atoms with Crippen LogP contribution in [0.5, 0.6) is 0 Å². The highest BCUT2D eigenvalue weighted by atomic mass is 14.9. The summed E-state index contributed by atoms with van der Waals surface area (Å²) in [6.07, 6.45) is 4.78. The van der Waals surface area contributed by atoms with Crippen LogP contribution < -0.4 is 16.8 Å². The van der Waals surface area contributed by atoms with Crippen LogP contribution in [0.25, 0.3) is 0 Å². The van der Waals surface area contributed by atoms with E-state index in [-0.39, 0.29) is 0 Å². The molecule has 1 heterocycles. The molecule has 1 aliphatic heterocycles. The molecular formula is C15H23N3. The van der Waals surface area contributed by atoms with Gasteiger partial charge in [-0.1, -0.05) is 18.2 Å². The van der Waals surface area contributed by atoms with E-state index in [4.69, 9.17) is 11.5 Å². The summed E-state index contributed by atoms with van der Waals surface area (Å²) in [7, 11) is 0. The Morgan fingerprint density at radius 2 is 2.06 bits per heavy atom. The zero-order valence-electron chi connectivity index (χ0n) is 10.9. The molecule has 0 radical (unpaired) electrons. The minimum absolute atomic E-state index is 0.334. The summed E-state index contributed by atoms with van der Waals surface area (Å²) >= 11 is 0. The first-order valence-corrected chi connectivity index (χ1v) is 7.09. The highest BCUT2D eigenvalue weighted by Gasteiger charge is 2.27. The van der Waals surface area contributed by atoms with Crippen LogP contribution in [0.3, 0.4) is 0 Å². The number of hydrogen-bond donors (Lipinski definition) is 3. The minimum Gasteiger partial charge on any atom is -0.328 e. The molecule has 18 heavy (non-hydrogen) atoms. The third-order valence-electron chi connectivity index (χ3n) is 4.25. The second-order valence-electron chi connectivity index (χ2n) is 5.73. The van der Waals surface area contributed by atoms with E-state index in [1.807, 2.05) is 0 Å². The van der Waals surface area contributed by atoms with Gasteiger partial charge in [-0.05, 0) is 54.8 Å². The lowest BCUT2D eigenvalue weighted by atomic mass is 9.91. The lowest BCUT2D eigenvalue weighted by molar-refractivity contribution is 0.369. The number of nitrogens with one attached hydrogen (secondary N) is 1. The van der Waals surface area contributed by atoms with Crippen molar-refractivity contribution in [2.24, 2.45) is 11.5 Å². The van der Waals surface area contributed by atoms with E-state index < -0.39 is 0 Å². The van der Waals surface area contributed by atoms with E-state index in [0.29, 0.717) is 18.6 Å². The third kappa shape index (κ3) is 2.44. The van der Waals surface area contributed by atoms with Gasteiger partial charge in [0.2, 0.25) is 0 Å². The minimum atomic E-state index is 0.334. The van der Waals surface area contributed by atoms with Gasteiger partial charge in [0.1, 0.15) is 0 Å². The predicted molar refractivity (Wildman–Crippen MR) is 74.3 cm³/mol. The van der Waals surface area contributed by atoms with E-state index in [1.165, 1.54) is 29.5 Å². The first-order valence-electron chi connectivity index (χ1n) is 7.09. The zero-order chi connectivity index (χ0) is 12.5. The lowest BCUT2D eigenvalue weighted by Crippen LogP contribution is -2.38. The summed E-state index contributed by atoms with van der Waals surface area (Å²) in [6, 6.07) is 7.59. The smallest absolute Gasteiger partial charge is 0.0335 e. The average molecular weight is 245 g/mol. The van der Waals surface area contributed by atoms with Gasteiger partial charge in [-0.2, -0.15) is 0 Å². The van der Waals surface area contributed by atoms with E-state index in [1.54, 1.807) is 0 Å². The van der Waals surface area contributed by atoms with Crippen molar-refractivity contribution in [3.63, 3.8) is 0 Å². The van der Waals surface area contributed by atoms with Gasteiger partial charge < -0.3 is 16.8 Å². The summed E-state index contributed by atoms with van der Waals surface area (Å²) < 4.78 is 0. The second-order valence-corrected chi connectivity index (χ2v) is 5.73. The Morgan fingerprint density at radius 3 is 2.72 bits per heavy atom. The van der Waals surface area contributed by atoms with E-state index in [2.05, 4.69) is 23.5 Å². The number of hydrogen-bond acceptors (Lipinski definition) is 3. The number of nitrogens with two attached hydrogens (primary N) is 2. The van der Waals surface area contributed by atoms with Gasteiger partial charge >= 0.3 is 0 Å². The van der Waals surface area contributed by atoms with Gasteiger partial charge in [0, 0.05) is 18.6 Å². The van der Waals surface area contributed by atoms with Gasteiger partial charge in [0.15, 0.2) is 0 Å². The summed E-state index contributed by atoms with van der Waals surface area (Å²) in [5, 5.41) is 3.56. The molecule has 1 aromatic carbocycles. The van der Waals surface area contributed by atoms with Crippen molar-refractivity contribution < 1.29 is 0 Å². The van der Waals surface area contributed by atoms with Gasteiger partial charge in [-0.3, -0.25) is 0 Å². The maximum atomic E-state index is 6.06. The normalized spacial score (nSPS) is 28.3. The van der Waals surface area contributed by atoms with Crippen LogP contribution in [0.4, 0.5) is 0 Å². The highest BCUT2D eigenvalue weighted by molar-refractivity contribution is 5.38. The van der Waals surface area contributed by atoms with Gasteiger partial charge in [0.05, 0.1) is 0 Å². The monoisotopic (exact) mass is 245 g/mol. The second kappa shape index (κ2) is 5.00. The molecule has 3 heteroatoms. The quantitative estimate of drug-likeness (QED) is 0.760. The molecule has 0 amide bonds. The lowest BCUT2D eigenvalue weighted by Gasteiger charge is -2.29. The van der Waals surface area contributed by atoms with Crippen LogP contribution in [0.1, 0.15) is 54.3 Å². The standard InChI is InChI=1S/C15H23N3/c16-9-12-7-11(3-4-14(12)10-1-2-10)15-8-13(17)5-6-18-15/h3-4,7,10,13,15,18H,1-2,5-6,8-9,16-17H2. The SMILES string of the molecule is NCc1cc(C2CC(N)CCN2)ccc1C1CC1. The van der Waals surface area contributed by atoms with Crippen LogP contribution in [-0.4, -0.2) is 12.6 Å².